The third kappa shape index (κ3) is 11.4. The van der Waals surface area contributed by atoms with Gasteiger partial charge in [0.1, 0.15) is 0 Å². The Balaban J connectivity index is 4.61. The van der Waals surface area contributed by atoms with Gasteiger partial charge in [0, 0.05) is 20.0 Å². The van der Waals surface area contributed by atoms with E-state index in [0.29, 0.717) is 17.8 Å². The van der Waals surface area contributed by atoms with Gasteiger partial charge in [0.05, 0.1) is 43.4 Å². The van der Waals surface area contributed by atoms with Crippen LogP contribution in [0.25, 0.3) is 0 Å². The van der Waals surface area contributed by atoms with Crippen LogP contribution >= 0.6 is 0 Å². The lowest BCUT2D eigenvalue weighted by Gasteiger charge is -2.30. The molecule has 0 radical (unpaired) electrons. The molecule has 1 unspecified atom stereocenters. The molecule has 0 aromatic carbocycles. The average molecular weight is 368 g/mol. The molecule has 9 heteroatoms. The smallest absolute Gasteiger partial charge is 0.220 e. The molecule has 148 valence electrons. The van der Waals surface area contributed by atoms with E-state index in [-0.39, 0.29) is 32.3 Å². The van der Waals surface area contributed by atoms with Crippen LogP contribution in [0.3, 0.4) is 0 Å². The first-order valence-electron chi connectivity index (χ1n) is 8.58. The molecule has 0 rings (SSSR count). The highest BCUT2D eigenvalue weighted by Crippen LogP contribution is 2.10. The normalized spacial score (nSPS) is 13.2. The maximum Gasteiger partial charge on any atom is 0.220 e. The molecule has 0 saturated carbocycles. The highest BCUT2D eigenvalue weighted by atomic mass is 16.5. The molecule has 0 saturated heterocycles. The molecule has 0 aromatic rings. The summed E-state index contributed by atoms with van der Waals surface area (Å²) in [4.78, 5) is 12.0. The van der Waals surface area contributed by atoms with Gasteiger partial charge in [-0.15, -0.1) is 5.11 Å². The molecule has 2 N–H and O–H groups in total. The summed E-state index contributed by atoms with van der Waals surface area (Å²) in [5.74, 6) is -0.0747. The molecule has 0 fully saturated rings. The topological polar surface area (TPSA) is 112 Å². The first kappa shape index (κ1) is 23.9. The summed E-state index contributed by atoms with van der Waals surface area (Å²) >= 11 is 0. The minimum absolute atomic E-state index is 0.0747. The minimum atomic E-state index is -0.730. The van der Waals surface area contributed by atoms with Crippen LogP contribution in [0, 0.1) is 5.53 Å². The number of nitrogens with zero attached hydrogens (tertiary/aromatic N) is 4. The first-order chi connectivity index (χ1) is 12.3. The van der Waals surface area contributed by atoms with Crippen LogP contribution in [0.5, 0.6) is 0 Å². The number of nitrogens with one attached hydrogen (secondary N) is 2. The van der Waals surface area contributed by atoms with Crippen LogP contribution in [0.1, 0.15) is 33.6 Å². The molecule has 26 heavy (non-hydrogen) atoms. The molecule has 1 amide bonds. The van der Waals surface area contributed by atoms with Crippen molar-refractivity contribution in [2.45, 2.75) is 39.2 Å². The maximum absolute atomic E-state index is 12.0. The van der Waals surface area contributed by atoms with Gasteiger partial charge in [-0.25, -0.2) is 5.53 Å². The summed E-state index contributed by atoms with van der Waals surface area (Å²) in [7, 11) is 1.81. The van der Waals surface area contributed by atoms with Crippen molar-refractivity contribution in [2.24, 2.45) is 15.5 Å². The van der Waals surface area contributed by atoms with Gasteiger partial charge in [-0.3, -0.25) is 9.80 Å². The van der Waals surface area contributed by atoms with Crippen molar-refractivity contribution in [1.82, 2.24) is 10.3 Å². The monoisotopic (exact) mass is 368 g/mol. The van der Waals surface area contributed by atoms with Crippen LogP contribution in [0.2, 0.25) is 0 Å². The molecule has 9 nitrogen and oxygen atoms in total. The van der Waals surface area contributed by atoms with Crippen LogP contribution in [-0.4, -0.2) is 56.5 Å². The highest BCUT2D eigenvalue weighted by molar-refractivity contribution is 5.76. The molecule has 1 atom stereocenters. The summed E-state index contributed by atoms with van der Waals surface area (Å²) in [6.07, 6.45) is 1.18. The van der Waals surface area contributed by atoms with Crippen molar-refractivity contribution >= 4 is 5.91 Å². The maximum atomic E-state index is 12.0. The predicted octanol–water partition coefficient (Wildman–Crippen LogP) is 3.07. The number of hydrogen-bond donors (Lipinski definition) is 2. The molecule has 0 spiro atoms. The summed E-state index contributed by atoms with van der Waals surface area (Å²) in [6.45, 7) is 14.6. The zero-order chi connectivity index (χ0) is 20.0. The molecule has 0 bridgehead atoms. The van der Waals surface area contributed by atoms with E-state index >= 15 is 0 Å². The Morgan fingerprint density at radius 1 is 1.19 bits per heavy atom. The van der Waals surface area contributed by atoms with E-state index in [1.807, 2.05) is 27.8 Å². The Kier molecular flexibility index (Phi) is 12.0. The molecule has 0 aromatic heterocycles. The van der Waals surface area contributed by atoms with E-state index in [9.17, 15) is 4.79 Å². The third-order valence-corrected chi connectivity index (χ3v) is 3.25. The van der Waals surface area contributed by atoms with Crippen molar-refractivity contribution in [3.05, 3.63) is 24.6 Å². The van der Waals surface area contributed by atoms with E-state index in [0.717, 1.165) is 13.0 Å². The van der Waals surface area contributed by atoms with Gasteiger partial charge < -0.3 is 14.8 Å². The number of carbonyl (C=O) groups is 1. The fourth-order valence-electron chi connectivity index (χ4n) is 1.79. The standard InChI is InChI=1S/C17H32N6O3/c1-7-9-16(24)19-17(5,12-25-10-14(3)20-18)13-26-11-15(4)21-22-23(6)8-2/h18H,3-4,7-13H2,1-2,5-6H3,(H,19,24)/b20-18?,22-21-. The second-order valence-corrected chi connectivity index (χ2v) is 6.25. The lowest BCUT2D eigenvalue weighted by molar-refractivity contribution is -0.124. The zero-order valence-corrected chi connectivity index (χ0v) is 16.4. The van der Waals surface area contributed by atoms with E-state index in [2.05, 4.69) is 33.9 Å². The largest absolute Gasteiger partial charge is 0.373 e. The van der Waals surface area contributed by atoms with E-state index < -0.39 is 5.54 Å². The van der Waals surface area contributed by atoms with Gasteiger partial charge in [-0.2, -0.15) is 5.11 Å². The molecular weight excluding hydrogens is 336 g/mol. The van der Waals surface area contributed by atoms with Crippen LogP contribution < -0.4 is 5.32 Å². The second-order valence-electron chi connectivity index (χ2n) is 6.25. The molecular formula is C17H32N6O3. The Labute approximate surface area is 156 Å². The number of amides is 1. The SMILES string of the molecule is C=C(COCC(C)(COCC(=C)/N=N\N(C)CC)NC(=O)CCC)N=N. The molecule has 0 aliphatic heterocycles. The fraction of sp³-hybridized carbons (Fsp3) is 0.706. The minimum Gasteiger partial charge on any atom is -0.373 e. The van der Waals surface area contributed by atoms with Crippen molar-refractivity contribution in [2.75, 3.05) is 40.0 Å². The number of ether oxygens (including phenoxy) is 2. The summed E-state index contributed by atoms with van der Waals surface area (Å²) in [5.41, 5.74) is 6.93. The Morgan fingerprint density at radius 2 is 1.77 bits per heavy atom. The van der Waals surface area contributed by atoms with Gasteiger partial charge >= 0.3 is 0 Å². The lowest BCUT2D eigenvalue weighted by Crippen LogP contribution is -2.53. The Bertz CT molecular complexity index is 509. The van der Waals surface area contributed by atoms with Crippen LogP contribution in [-0.2, 0) is 14.3 Å². The first-order valence-corrected chi connectivity index (χ1v) is 8.58. The molecule has 0 aliphatic carbocycles. The van der Waals surface area contributed by atoms with Crippen molar-refractivity contribution in [1.29, 1.82) is 5.53 Å². The molecule has 0 heterocycles. The second kappa shape index (κ2) is 13.1. The molecule has 0 aliphatic rings. The van der Waals surface area contributed by atoms with Gasteiger partial charge in [-0.05, 0) is 20.3 Å². The fourth-order valence-corrected chi connectivity index (χ4v) is 1.79. The van der Waals surface area contributed by atoms with Gasteiger partial charge in [0.15, 0.2) is 0 Å². The van der Waals surface area contributed by atoms with Crippen molar-refractivity contribution in [3.63, 3.8) is 0 Å². The Morgan fingerprint density at radius 3 is 2.27 bits per heavy atom. The van der Waals surface area contributed by atoms with Crippen LogP contribution in [0.4, 0.5) is 0 Å². The van der Waals surface area contributed by atoms with E-state index in [1.54, 1.807) is 5.01 Å². The van der Waals surface area contributed by atoms with Crippen LogP contribution in [0.15, 0.2) is 40.0 Å². The van der Waals surface area contributed by atoms with Gasteiger partial charge in [0.2, 0.25) is 5.91 Å². The zero-order valence-electron chi connectivity index (χ0n) is 16.4. The van der Waals surface area contributed by atoms with E-state index in [1.165, 1.54) is 0 Å². The van der Waals surface area contributed by atoms with Gasteiger partial charge in [-0.1, -0.05) is 25.3 Å². The highest BCUT2D eigenvalue weighted by Gasteiger charge is 2.27. The number of carbonyl (C=O) groups excluding carboxylic acids is 1. The quantitative estimate of drug-likeness (QED) is 0.342. The lowest BCUT2D eigenvalue weighted by atomic mass is 10.0. The van der Waals surface area contributed by atoms with Crippen molar-refractivity contribution < 1.29 is 14.3 Å². The number of hydrogen-bond acceptors (Lipinski definition) is 7. The summed E-state index contributed by atoms with van der Waals surface area (Å²) in [5, 5.41) is 15.7. The summed E-state index contributed by atoms with van der Waals surface area (Å²) in [6, 6.07) is 0. The van der Waals surface area contributed by atoms with Crippen molar-refractivity contribution in [3.8, 4) is 0 Å². The van der Waals surface area contributed by atoms with E-state index in [4.69, 9.17) is 15.0 Å². The third-order valence-electron chi connectivity index (χ3n) is 3.25. The number of rotatable bonds is 15. The van der Waals surface area contributed by atoms with Gasteiger partial charge in [0.25, 0.3) is 0 Å². The Hall–Kier alpha value is -2.13. The predicted molar refractivity (Wildman–Crippen MR) is 99.7 cm³/mol. The summed E-state index contributed by atoms with van der Waals surface area (Å²) < 4.78 is 11.1. The average Bonchev–Trinajstić information content (AvgIpc) is 2.59.